The van der Waals surface area contributed by atoms with Crippen molar-refractivity contribution in [2.24, 2.45) is 0 Å². The van der Waals surface area contributed by atoms with E-state index in [0.717, 1.165) is 39.2 Å². The van der Waals surface area contributed by atoms with E-state index >= 15 is 0 Å². The molecule has 3 heterocycles. The molecule has 6 nitrogen and oxygen atoms in total. The van der Waals surface area contributed by atoms with Crippen LogP contribution in [0.3, 0.4) is 0 Å². The zero-order valence-electron chi connectivity index (χ0n) is 14.2. The van der Waals surface area contributed by atoms with Gasteiger partial charge in [0.2, 0.25) is 6.79 Å². The summed E-state index contributed by atoms with van der Waals surface area (Å²) < 4.78 is 16.2. The molecule has 2 N–H and O–H groups in total. The number of hydrogen-bond donors (Lipinski definition) is 2. The SMILES string of the molecule is COC(=O)[C@H]1Cc2c([nH]c3ccccc23)[C@@H](c2cccc3c2OCO3)N1. The van der Waals surface area contributed by atoms with Crippen molar-refractivity contribution in [2.45, 2.75) is 18.5 Å². The number of aromatic nitrogens is 1. The van der Waals surface area contributed by atoms with Gasteiger partial charge in [-0.25, -0.2) is 0 Å². The van der Waals surface area contributed by atoms with Crippen molar-refractivity contribution < 1.29 is 19.0 Å². The molecule has 0 amide bonds. The summed E-state index contributed by atoms with van der Waals surface area (Å²) in [5, 5.41) is 4.56. The number of para-hydroxylation sites is 2. The zero-order valence-corrected chi connectivity index (χ0v) is 14.2. The van der Waals surface area contributed by atoms with Crippen LogP contribution in [0.2, 0.25) is 0 Å². The minimum atomic E-state index is -0.421. The normalized spacial score (nSPS) is 20.8. The largest absolute Gasteiger partial charge is 0.468 e. The van der Waals surface area contributed by atoms with E-state index in [1.165, 1.54) is 7.11 Å². The first-order valence-electron chi connectivity index (χ1n) is 8.58. The van der Waals surface area contributed by atoms with E-state index in [1.54, 1.807) is 0 Å². The van der Waals surface area contributed by atoms with E-state index in [2.05, 4.69) is 16.4 Å². The first-order valence-corrected chi connectivity index (χ1v) is 8.58. The van der Waals surface area contributed by atoms with Crippen molar-refractivity contribution in [3.8, 4) is 11.5 Å². The molecule has 132 valence electrons. The van der Waals surface area contributed by atoms with Crippen molar-refractivity contribution in [1.29, 1.82) is 0 Å². The van der Waals surface area contributed by atoms with Crippen LogP contribution in [0.15, 0.2) is 42.5 Å². The summed E-state index contributed by atoms with van der Waals surface area (Å²) in [7, 11) is 1.42. The molecule has 2 atom stereocenters. The molecule has 0 saturated carbocycles. The van der Waals surface area contributed by atoms with Crippen LogP contribution in [-0.2, 0) is 16.0 Å². The standard InChI is InChI=1S/C20H18N2O4/c1-24-20(23)15-9-13-11-5-2-3-7-14(11)21-18(13)17(22-15)12-6-4-8-16-19(12)26-10-25-16/h2-8,15,17,21-22H,9-10H2,1H3/t15-,17-/m1/s1. The minimum Gasteiger partial charge on any atom is -0.468 e. The molecule has 5 rings (SSSR count). The zero-order chi connectivity index (χ0) is 17.7. The molecule has 0 spiro atoms. The van der Waals surface area contributed by atoms with E-state index in [9.17, 15) is 4.79 Å². The van der Waals surface area contributed by atoms with E-state index in [0.29, 0.717) is 6.42 Å². The predicted octanol–water partition coefficient (Wildman–Crippen LogP) is 2.67. The van der Waals surface area contributed by atoms with Gasteiger partial charge in [-0.3, -0.25) is 10.1 Å². The number of H-pyrrole nitrogens is 1. The van der Waals surface area contributed by atoms with Gasteiger partial charge in [-0.05, 0) is 17.7 Å². The molecule has 0 bridgehead atoms. The molecule has 2 aromatic carbocycles. The molecule has 0 fully saturated rings. The number of benzene rings is 2. The smallest absolute Gasteiger partial charge is 0.323 e. The van der Waals surface area contributed by atoms with Gasteiger partial charge in [-0.2, -0.15) is 0 Å². The Morgan fingerprint density at radius 3 is 2.92 bits per heavy atom. The van der Waals surface area contributed by atoms with E-state index in [4.69, 9.17) is 14.2 Å². The highest BCUT2D eigenvalue weighted by Crippen LogP contribution is 2.43. The maximum Gasteiger partial charge on any atom is 0.323 e. The number of hydrogen-bond acceptors (Lipinski definition) is 5. The minimum absolute atomic E-state index is 0.207. The third kappa shape index (κ3) is 2.19. The van der Waals surface area contributed by atoms with Crippen LogP contribution in [-0.4, -0.2) is 30.9 Å². The number of fused-ring (bicyclic) bond motifs is 4. The van der Waals surface area contributed by atoms with E-state index in [1.807, 2.05) is 36.4 Å². The van der Waals surface area contributed by atoms with Gasteiger partial charge in [0, 0.05) is 28.6 Å². The van der Waals surface area contributed by atoms with Crippen molar-refractivity contribution in [2.75, 3.05) is 13.9 Å². The van der Waals surface area contributed by atoms with Gasteiger partial charge in [0.25, 0.3) is 0 Å². The highest BCUT2D eigenvalue weighted by Gasteiger charge is 2.36. The van der Waals surface area contributed by atoms with Gasteiger partial charge >= 0.3 is 5.97 Å². The fraction of sp³-hybridized carbons (Fsp3) is 0.250. The molecule has 6 heteroatoms. The van der Waals surface area contributed by atoms with Crippen molar-refractivity contribution >= 4 is 16.9 Å². The fourth-order valence-corrected chi connectivity index (χ4v) is 3.95. The number of carbonyl (C=O) groups excluding carboxylic acids is 1. The average molecular weight is 350 g/mol. The van der Waals surface area contributed by atoms with Crippen molar-refractivity contribution in [3.63, 3.8) is 0 Å². The van der Waals surface area contributed by atoms with Gasteiger partial charge in [0.1, 0.15) is 6.04 Å². The molecular weight excluding hydrogens is 332 g/mol. The van der Waals surface area contributed by atoms with Gasteiger partial charge in [-0.1, -0.05) is 30.3 Å². The maximum absolute atomic E-state index is 12.3. The number of rotatable bonds is 2. The Labute approximate surface area is 150 Å². The first-order chi connectivity index (χ1) is 12.8. The molecule has 26 heavy (non-hydrogen) atoms. The van der Waals surface area contributed by atoms with Crippen LogP contribution < -0.4 is 14.8 Å². The molecule has 0 aliphatic carbocycles. The van der Waals surface area contributed by atoms with Gasteiger partial charge in [-0.15, -0.1) is 0 Å². The Morgan fingerprint density at radius 2 is 2.04 bits per heavy atom. The van der Waals surface area contributed by atoms with Crippen molar-refractivity contribution in [1.82, 2.24) is 10.3 Å². The summed E-state index contributed by atoms with van der Waals surface area (Å²) in [6.45, 7) is 0.207. The molecule has 0 saturated heterocycles. The average Bonchev–Trinajstić information content (AvgIpc) is 3.30. The van der Waals surface area contributed by atoms with Gasteiger partial charge < -0.3 is 19.2 Å². The Morgan fingerprint density at radius 1 is 1.15 bits per heavy atom. The lowest BCUT2D eigenvalue weighted by atomic mass is 9.90. The molecule has 3 aromatic rings. The summed E-state index contributed by atoms with van der Waals surface area (Å²) in [5.41, 5.74) is 4.19. The Kier molecular flexibility index (Phi) is 3.39. The quantitative estimate of drug-likeness (QED) is 0.695. The fourth-order valence-electron chi connectivity index (χ4n) is 3.95. The van der Waals surface area contributed by atoms with E-state index < -0.39 is 6.04 Å². The van der Waals surface area contributed by atoms with Gasteiger partial charge in [0.15, 0.2) is 11.5 Å². The van der Waals surface area contributed by atoms with Crippen molar-refractivity contribution in [3.05, 3.63) is 59.3 Å². The van der Waals surface area contributed by atoms with Gasteiger partial charge in [0.05, 0.1) is 13.2 Å². The van der Waals surface area contributed by atoms with Crippen LogP contribution in [0.1, 0.15) is 22.9 Å². The van der Waals surface area contributed by atoms with Crippen LogP contribution in [0.25, 0.3) is 10.9 Å². The lowest BCUT2D eigenvalue weighted by Gasteiger charge is -2.30. The lowest BCUT2D eigenvalue weighted by molar-refractivity contribution is -0.143. The molecule has 1 aromatic heterocycles. The Balaban J connectivity index is 1.70. The second-order valence-corrected chi connectivity index (χ2v) is 6.52. The predicted molar refractivity (Wildman–Crippen MR) is 95.4 cm³/mol. The third-order valence-electron chi connectivity index (χ3n) is 5.14. The molecule has 0 unspecified atom stereocenters. The summed E-state index contributed by atoms with van der Waals surface area (Å²) in [4.78, 5) is 15.8. The first kappa shape index (κ1) is 15.3. The molecule has 2 aliphatic heterocycles. The molecule has 2 aliphatic rings. The number of esters is 1. The number of carbonyl (C=O) groups is 1. The lowest BCUT2D eigenvalue weighted by Crippen LogP contribution is -2.45. The number of ether oxygens (including phenoxy) is 3. The van der Waals surface area contributed by atoms with Crippen LogP contribution in [0.4, 0.5) is 0 Å². The van der Waals surface area contributed by atoms with E-state index in [-0.39, 0.29) is 18.8 Å². The summed E-state index contributed by atoms with van der Waals surface area (Å²) in [6, 6.07) is 13.3. The van der Waals surface area contributed by atoms with Crippen LogP contribution >= 0.6 is 0 Å². The highest BCUT2D eigenvalue weighted by molar-refractivity contribution is 5.87. The highest BCUT2D eigenvalue weighted by atomic mass is 16.7. The maximum atomic E-state index is 12.3. The van der Waals surface area contributed by atoms with Crippen LogP contribution in [0.5, 0.6) is 11.5 Å². The number of aromatic amines is 1. The molecule has 0 radical (unpaired) electrons. The molecular formula is C20H18N2O4. The Bertz CT molecular complexity index is 1010. The number of nitrogens with one attached hydrogen (secondary N) is 2. The van der Waals surface area contributed by atoms with Crippen LogP contribution in [0, 0.1) is 0 Å². The second-order valence-electron chi connectivity index (χ2n) is 6.52. The second kappa shape index (κ2) is 5.78. The Hall–Kier alpha value is -2.99. The number of methoxy groups -OCH3 is 1. The topological polar surface area (TPSA) is 72.6 Å². The summed E-state index contributed by atoms with van der Waals surface area (Å²) in [5.74, 6) is 1.18. The summed E-state index contributed by atoms with van der Waals surface area (Å²) >= 11 is 0. The monoisotopic (exact) mass is 350 g/mol. The third-order valence-corrected chi connectivity index (χ3v) is 5.14. The summed E-state index contributed by atoms with van der Waals surface area (Å²) in [6.07, 6.45) is 0.578.